The molecule has 3 rings (SSSR count). The molecule has 1 aliphatic heterocycles. The number of methoxy groups -OCH3 is 1. The van der Waals surface area contributed by atoms with E-state index in [4.69, 9.17) is 9.47 Å². The van der Waals surface area contributed by atoms with Crippen molar-refractivity contribution >= 4 is 18.3 Å². The number of carbonyl (C=O) groups excluding carboxylic acids is 1. The van der Waals surface area contributed by atoms with Crippen molar-refractivity contribution in [2.24, 2.45) is 0 Å². The van der Waals surface area contributed by atoms with Crippen molar-refractivity contribution in [2.75, 3.05) is 40.4 Å². The molecule has 1 saturated heterocycles. The number of benzene rings is 1. The van der Waals surface area contributed by atoms with Crippen molar-refractivity contribution in [3.05, 3.63) is 42.2 Å². The molecule has 1 amide bonds. The first-order chi connectivity index (χ1) is 12.7. The van der Waals surface area contributed by atoms with Crippen LogP contribution >= 0.6 is 12.4 Å². The minimum atomic E-state index is -0.101. The molecule has 1 N–H and O–H groups in total. The van der Waals surface area contributed by atoms with Gasteiger partial charge in [0, 0.05) is 19.8 Å². The van der Waals surface area contributed by atoms with E-state index in [1.54, 1.807) is 25.1 Å². The minimum Gasteiger partial charge on any atom is -0.493 e. The molecular weight excluding hydrogens is 368 g/mol. The van der Waals surface area contributed by atoms with Crippen molar-refractivity contribution in [3.8, 4) is 11.5 Å². The second-order valence-corrected chi connectivity index (χ2v) is 6.41. The number of ether oxygens (including phenoxy) is 2. The van der Waals surface area contributed by atoms with Gasteiger partial charge in [0.1, 0.15) is 12.3 Å². The van der Waals surface area contributed by atoms with Crippen LogP contribution in [0.25, 0.3) is 0 Å². The van der Waals surface area contributed by atoms with Crippen molar-refractivity contribution in [3.63, 3.8) is 0 Å². The highest BCUT2D eigenvalue weighted by atomic mass is 35.5. The predicted octanol–water partition coefficient (Wildman–Crippen LogP) is 2.39. The van der Waals surface area contributed by atoms with Gasteiger partial charge in [0.25, 0.3) is 5.91 Å². The van der Waals surface area contributed by atoms with Gasteiger partial charge in [0.05, 0.1) is 19.7 Å². The fourth-order valence-electron chi connectivity index (χ4n) is 3.04. The molecule has 1 atom stereocenters. The lowest BCUT2D eigenvalue weighted by Gasteiger charge is -2.23. The standard InChI is InChI=1S/C19H26N4O3.ClH/c1-22(12-13-26-18-8-4-3-7-17(18)25-2)19(24)16-9-11-23(21-16)15-6-5-10-20-14-15;/h3-4,7-9,11,15,20H,5-6,10,12-14H2,1-2H3;1H. The smallest absolute Gasteiger partial charge is 0.274 e. The molecule has 2 aromatic rings. The van der Waals surface area contributed by atoms with Crippen LogP contribution in [-0.4, -0.2) is 61.0 Å². The number of hydrogen-bond acceptors (Lipinski definition) is 5. The first kappa shape index (κ1) is 21.1. The topological polar surface area (TPSA) is 68.6 Å². The van der Waals surface area contributed by atoms with E-state index in [0.29, 0.717) is 36.4 Å². The Bertz CT molecular complexity index is 731. The van der Waals surface area contributed by atoms with E-state index in [1.165, 1.54) is 0 Å². The number of likely N-dealkylation sites (N-methyl/N-ethyl adjacent to an activating group) is 1. The van der Waals surface area contributed by atoms with Gasteiger partial charge in [-0.1, -0.05) is 12.1 Å². The molecule has 8 heteroatoms. The van der Waals surface area contributed by atoms with Crippen molar-refractivity contribution in [2.45, 2.75) is 18.9 Å². The SMILES string of the molecule is COc1ccccc1OCCN(C)C(=O)c1ccn(C2CCCNC2)n1.Cl. The molecule has 0 aliphatic carbocycles. The fraction of sp³-hybridized carbons (Fsp3) is 0.474. The van der Waals surface area contributed by atoms with Gasteiger partial charge in [-0.2, -0.15) is 5.10 Å². The zero-order chi connectivity index (χ0) is 18.4. The van der Waals surface area contributed by atoms with Gasteiger partial charge in [-0.3, -0.25) is 9.48 Å². The Kier molecular flexibility index (Phi) is 7.94. The van der Waals surface area contributed by atoms with Crippen LogP contribution in [0.3, 0.4) is 0 Å². The fourth-order valence-corrected chi connectivity index (χ4v) is 3.04. The van der Waals surface area contributed by atoms with Gasteiger partial charge < -0.3 is 19.7 Å². The summed E-state index contributed by atoms with van der Waals surface area (Å²) in [5, 5.41) is 7.84. The highest BCUT2D eigenvalue weighted by Crippen LogP contribution is 2.25. The molecule has 148 valence electrons. The van der Waals surface area contributed by atoms with E-state index in [0.717, 1.165) is 25.9 Å². The Hall–Kier alpha value is -2.25. The summed E-state index contributed by atoms with van der Waals surface area (Å²) in [6.45, 7) is 2.81. The average Bonchev–Trinajstić information content (AvgIpc) is 3.18. The Balaban J connectivity index is 0.00000261. The zero-order valence-corrected chi connectivity index (χ0v) is 16.6. The Morgan fingerprint density at radius 2 is 2.11 bits per heavy atom. The maximum absolute atomic E-state index is 12.6. The molecule has 27 heavy (non-hydrogen) atoms. The summed E-state index contributed by atoms with van der Waals surface area (Å²) in [5.41, 5.74) is 0.468. The monoisotopic (exact) mass is 394 g/mol. The summed E-state index contributed by atoms with van der Waals surface area (Å²) >= 11 is 0. The van der Waals surface area contributed by atoms with Gasteiger partial charge >= 0.3 is 0 Å². The lowest BCUT2D eigenvalue weighted by atomic mass is 10.1. The molecule has 1 aromatic heterocycles. The molecule has 0 radical (unpaired) electrons. The van der Waals surface area contributed by atoms with Gasteiger partial charge in [0.2, 0.25) is 0 Å². The number of carbonyl (C=O) groups is 1. The lowest BCUT2D eigenvalue weighted by molar-refractivity contribution is 0.0766. The number of rotatable bonds is 7. The Labute approximate surface area is 166 Å². The van der Waals surface area contributed by atoms with E-state index >= 15 is 0 Å². The lowest BCUT2D eigenvalue weighted by Crippen LogP contribution is -2.33. The maximum atomic E-state index is 12.6. The Morgan fingerprint density at radius 1 is 1.33 bits per heavy atom. The second kappa shape index (κ2) is 10.2. The van der Waals surface area contributed by atoms with Gasteiger partial charge in [-0.15, -0.1) is 12.4 Å². The van der Waals surface area contributed by atoms with Crippen LogP contribution in [0.2, 0.25) is 0 Å². The maximum Gasteiger partial charge on any atom is 0.274 e. The summed E-state index contributed by atoms with van der Waals surface area (Å²) in [5.74, 6) is 1.25. The predicted molar refractivity (Wildman–Crippen MR) is 106 cm³/mol. The van der Waals surface area contributed by atoms with Crippen LogP contribution in [-0.2, 0) is 0 Å². The molecule has 0 saturated carbocycles. The summed E-state index contributed by atoms with van der Waals surface area (Å²) in [6, 6.07) is 9.58. The van der Waals surface area contributed by atoms with Crippen molar-refractivity contribution in [1.82, 2.24) is 20.0 Å². The van der Waals surface area contributed by atoms with Crippen LogP contribution in [0, 0.1) is 0 Å². The normalized spacial score (nSPS) is 16.3. The summed E-state index contributed by atoms with van der Waals surface area (Å²) in [4.78, 5) is 14.2. The summed E-state index contributed by atoms with van der Waals surface area (Å²) in [6.07, 6.45) is 4.11. The molecule has 1 unspecified atom stereocenters. The minimum absolute atomic E-state index is 0. The number of piperidine rings is 1. The summed E-state index contributed by atoms with van der Waals surface area (Å²) < 4.78 is 12.9. The largest absolute Gasteiger partial charge is 0.493 e. The molecular formula is C19H27ClN4O3. The first-order valence-corrected chi connectivity index (χ1v) is 8.96. The molecule has 1 aromatic carbocycles. The molecule has 1 aliphatic rings. The van der Waals surface area contributed by atoms with Crippen molar-refractivity contribution < 1.29 is 14.3 Å². The Morgan fingerprint density at radius 3 is 2.81 bits per heavy atom. The molecule has 0 bridgehead atoms. The quantitative estimate of drug-likeness (QED) is 0.780. The van der Waals surface area contributed by atoms with E-state index in [2.05, 4.69) is 10.4 Å². The average molecular weight is 395 g/mol. The summed E-state index contributed by atoms with van der Waals surface area (Å²) in [7, 11) is 3.37. The number of para-hydroxylation sites is 2. The number of nitrogens with one attached hydrogen (secondary N) is 1. The third-order valence-electron chi connectivity index (χ3n) is 4.57. The van der Waals surface area contributed by atoms with E-state index in [9.17, 15) is 4.79 Å². The van der Waals surface area contributed by atoms with Crippen LogP contribution < -0.4 is 14.8 Å². The number of hydrogen-bond donors (Lipinski definition) is 1. The molecule has 2 heterocycles. The number of halogens is 1. The zero-order valence-electron chi connectivity index (χ0n) is 15.8. The first-order valence-electron chi connectivity index (χ1n) is 8.96. The van der Waals surface area contributed by atoms with E-state index in [1.807, 2.05) is 35.1 Å². The molecule has 1 fully saturated rings. The number of amides is 1. The second-order valence-electron chi connectivity index (χ2n) is 6.41. The van der Waals surface area contributed by atoms with Gasteiger partial charge in [-0.05, 0) is 37.6 Å². The highest BCUT2D eigenvalue weighted by molar-refractivity contribution is 5.92. The number of aromatic nitrogens is 2. The van der Waals surface area contributed by atoms with Crippen LogP contribution in [0.5, 0.6) is 11.5 Å². The third-order valence-corrected chi connectivity index (χ3v) is 4.57. The van der Waals surface area contributed by atoms with E-state index in [-0.39, 0.29) is 18.3 Å². The molecule has 7 nitrogen and oxygen atoms in total. The van der Waals surface area contributed by atoms with Crippen LogP contribution in [0.15, 0.2) is 36.5 Å². The van der Waals surface area contributed by atoms with E-state index < -0.39 is 0 Å². The van der Waals surface area contributed by atoms with Gasteiger partial charge in [0.15, 0.2) is 11.5 Å². The van der Waals surface area contributed by atoms with Crippen molar-refractivity contribution in [1.29, 1.82) is 0 Å². The highest BCUT2D eigenvalue weighted by Gasteiger charge is 2.19. The van der Waals surface area contributed by atoms with Crippen LogP contribution in [0.4, 0.5) is 0 Å². The van der Waals surface area contributed by atoms with Crippen LogP contribution in [0.1, 0.15) is 29.4 Å². The molecule has 0 spiro atoms. The third kappa shape index (κ3) is 5.37. The number of nitrogens with zero attached hydrogens (tertiary/aromatic N) is 3. The van der Waals surface area contributed by atoms with Gasteiger partial charge in [-0.25, -0.2) is 0 Å².